The molecule has 0 saturated carbocycles. The lowest BCUT2D eigenvalue weighted by molar-refractivity contribution is 0.213. The van der Waals surface area contributed by atoms with Crippen LogP contribution in [0.1, 0.15) is 17.8 Å². The molecule has 26 heavy (non-hydrogen) atoms. The third-order valence-corrected chi connectivity index (χ3v) is 6.28. The number of hydrogen-bond acceptors (Lipinski definition) is 6. The molecule has 8 heteroatoms. The lowest BCUT2D eigenvalue weighted by Crippen LogP contribution is -2.32. The Morgan fingerprint density at radius 1 is 1.27 bits per heavy atom. The molecule has 1 aliphatic heterocycles. The van der Waals surface area contributed by atoms with Crippen molar-refractivity contribution in [1.29, 1.82) is 0 Å². The van der Waals surface area contributed by atoms with Crippen molar-refractivity contribution < 1.29 is 17.7 Å². The summed E-state index contributed by atoms with van der Waals surface area (Å²) in [6.07, 6.45) is 2.17. The molecule has 0 aliphatic carbocycles. The minimum Gasteiger partial charge on any atom is -0.487 e. The lowest BCUT2D eigenvalue weighted by Gasteiger charge is -2.17. The molecule has 1 fully saturated rings. The molecule has 0 amide bonds. The molecule has 1 atom stereocenters. The van der Waals surface area contributed by atoms with Crippen LogP contribution in [-0.2, 0) is 15.8 Å². The third kappa shape index (κ3) is 3.30. The summed E-state index contributed by atoms with van der Waals surface area (Å²) in [5.41, 5.74) is 1.82. The lowest BCUT2D eigenvalue weighted by atomic mass is 10.2. The van der Waals surface area contributed by atoms with E-state index in [4.69, 9.17) is 9.26 Å². The van der Waals surface area contributed by atoms with Crippen LogP contribution in [0.3, 0.4) is 0 Å². The zero-order valence-corrected chi connectivity index (χ0v) is 15.1. The number of hydrogen-bond donors (Lipinski definition) is 0. The second-order valence-corrected chi connectivity index (χ2v) is 8.32. The molecule has 1 saturated heterocycles. The van der Waals surface area contributed by atoms with Crippen LogP contribution >= 0.6 is 0 Å². The van der Waals surface area contributed by atoms with Crippen molar-refractivity contribution in [2.24, 2.45) is 0 Å². The molecule has 1 unspecified atom stereocenters. The molecule has 4 rings (SSSR count). The maximum absolute atomic E-state index is 12.8. The van der Waals surface area contributed by atoms with Gasteiger partial charge in [0.05, 0.1) is 12.2 Å². The van der Waals surface area contributed by atoms with Gasteiger partial charge in [-0.3, -0.25) is 4.98 Å². The highest BCUT2D eigenvalue weighted by Gasteiger charge is 2.33. The molecular formula is C18H19N3O4S. The SMILES string of the molecule is Cc1ncccc1OC1CCN(S(=O)(=O)Cc2noc3ccccc23)C1. The van der Waals surface area contributed by atoms with E-state index in [2.05, 4.69) is 10.1 Å². The van der Waals surface area contributed by atoms with E-state index in [-0.39, 0.29) is 11.9 Å². The Morgan fingerprint density at radius 2 is 2.12 bits per heavy atom. The van der Waals surface area contributed by atoms with Gasteiger partial charge in [-0.2, -0.15) is 4.31 Å². The van der Waals surface area contributed by atoms with Crippen molar-refractivity contribution in [1.82, 2.24) is 14.4 Å². The molecular weight excluding hydrogens is 354 g/mol. The minimum absolute atomic E-state index is 0.178. The van der Waals surface area contributed by atoms with Gasteiger partial charge in [-0.1, -0.05) is 17.3 Å². The number of aryl methyl sites for hydroxylation is 1. The van der Waals surface area contributed by atoms with Gasteiger partial charge in [0, 0.05) is 18.1 Å². The maximum Gasteiger partial charge on any atom is 0.220 e. The Balaban J connectivity index is 1.46. The van der Waals surface area contributed by atoms with Gasteiger partial charge in [0.2, 0.25) is 10.0 Å². The Kier molecular flexibility index (Phi) is 4.37. The van der Waals surface area contributed by atoms with Gasteiger partial charge in [-0.25, -0.2) is 8.42 Å². The van der Waals surface area contributed by atoms with Crippen LogP contribution in [0.2, 0.25) is 0 Å². The first-order chi connectivity index (χ1) is 12.5. The van der Waals surface area contributed by atoms with E-state index in [1.807, 2.05) is 37.3 Å². The van der Waals surface area contributed by atoms with Crippen LogP contribution in [0.15, 0.2) is 47.1 Å². The number of ether oxygens (including phenoxy) is 1. The number of rotatable bonds is 5. The summed E-state index contributed by atoms with van der Waals surface area (Å²) in [7, 11) is -3.49. The molecule has 2 aromatic heterocycles. The van der Waals surface area contributed by atoms with Crippen molar-refractivity contribution in [3.8, 4) is 5.75 Å². The van der Waals surface area contributed by atoms with Crippen molar-refractivity contribution in [2.75, 3.05) is 13.1 Å². The number of pyridine rings is 1. The van der Waals surface area contributed by atoms with Gasteiger partial charge in [0.25, 0.3) is 0 Å². The van der Waals surface area contributed by atoms with Crippen LogP contribution in [-0.4, -0.2) is 42.1 Å². The van der Waals surface area contributed by atoms with E-state index in [0.717, 1.165) is 11.1 Å². The van der Waals surface area contributed by atoms with Gasteiger partial charge in [-0.15, -0.1) is 0 Å². The number of fused-ring (bicyclic) bond motifs is 1. The Morgan fingerprint density at radius 3 is 2.96 bits per heavy atom. The topological polar surface area (TPSA) is 85.5 Å². The normalized spacial score (nSPS) is 18.4. The average molecular weight is 373 g/mol. The standard InChI is InChI=1S/C18H19N3O4S/c1-13-17(7-4-9-19-13)24-14-8-10-21(11-14)26(22,23)12-16-15-5-2-3-6-18(15)25-20-16/h2-7,9,14H,8,10-12H2,1H3. The van der Waals surface area contributed by atoms with Crippen molar-refractivity contribution in [2.45, 2.75) is 25.2 Å². The van der Waals surface area contributed by atoms with Crippen LogP contribution in [0.25, 0.3) is 11.0 Å². The highest BCUT2D eigenvalue weighted by atomic mass is 32.2. The van der Waals surface area contributed by atoms with Gasteiger partial charge in [-0.05, 0) is 37.6 Å². The zero-order valence-electron chi connectivity index (χ0n) is 14.3. The highest BCUT2D eigenvalue weighted by molar-refractivity contribution is 7.88. The van der Waals surface area contributed by atoms with E-state index in [1.54, 1.807) is 12.3 Å². The summed E-state index contributed by atoms with van der Waals surface area (Å²) in [5.74, 6) is 0.516. The fourth-order valence-electron chi connectivity index (χ4n) is 3.13. The highest BCUT2D eigenvalue weighted by Crippen LogP contribution is 2.25. The second kappa shape index (κ2) is 6.69. The molecule has 1 aliphatic rings. The van der Waals surface area contributed by atoms with Crippen LogP contribution in [0.4, 0.5) is 0 Å². The van der Waals surface area contributed by atoms with E-state index in [9.17, 15) is 8.42 Å². The fraction of sp³-hybridized carbons (Fsp3) is 0.333. The monoisotopic (exact) mass is 373 g/mol. The Labute approximate surface area is 151 Å². The first-order valence-electron chi connectivity index (χ1n) is 8.42. The van der Waals surface area contributed by atoms with E-state index < -0.39 is 10.0 Å². The molecule has 7 nitrogen and oxygen atoms in total. The molecule has 136 valence electrons. The Hall–Kier alpha value is -2.45. The number of nitrogens with zero attached hydrogens (tertiary/aromatic N) is 3. The molecule has 0 bridgehead atoms. The maximum atomic E-state index is 12.8. The first kappa shape index (κ1) is 17.0. The quantitative estimate of drug-likeness (QED) is 0.683. The van der Waals surface area contributed by atoms with Crippen LogP contribution in [0, 0.1) is 6.92 Å². The molecule has 0 N–H and O–H groups in total. The molecule has 3 heterocycles. The third-order valence-electron chi connectivity index (χ3n) is 4.52. The Bertz CT molecular complexity index is 1030. The first-order valence-corrected chi connectivity index (χ1v) is 10.0. The minimum atomic E-state index is -3.49. The van der Waals surface area contributed by atoms with Crippen LogP contribution in [0.5, 0.6) is 5.75 Å². The average Bonchev–Trinajstić information content (AvgIpc) is 3.25. The summed E-state index contributed by atoms with van der Waals surface area (Å²) < 4.78 is 38.2. The van der Waals surface area contributed by atoms with Gasteiger partial charge in [0.15, 0.2) is 5.58 Å². The smallest absolute Gasteiger partial charge is 0.220 e. The predicted molar refractivity (Wildman–Crippen MR) is 96.2 cm³/mol. The number of aromatic nitrogens is 2. The molecule has 0 spiro atoms. The zero-order chi connectivity index (χ0) is 18.1. The predicted octanol–water partition coefficient (Wildman–Crippen LogP) is 2.51. The summed E-state index contributed by atoms with van der Waals surface area (Å²) >= 11 is 0. The molecule has 1 aromatic carbocycles. The van der Waals surface area contributed by atoms with E-state index in [1.165, 1.54) is 4.31 Å². The van der Waals surface area contributed by atoms with Gasteiger partial charge < -0.3 is 9.26 Å². The largest absolute Gasteiger partial charge is 0.487 e. The van der Waals surface area contributed by atoms with Crippen molar-refractivity contribution in [3.05, 3.63) is 54.0 Å². The summed E-state index contributed by atoms with van der Waals surface area (Å²) in [5, 5.41) is 4.66. The number of benzene rings is 1. The molecule has 3 aromatic rings. The number of para-hydroxylation sites is 1. The summed E-state index contributed by atoms with van der Waals surface area (Å²) in [6.45, 7) is 2.63. The summed E-state index contributed by atoms with van der Waals surface area (Å²) in [4.78, 5) is 4.19. The fourth-order valence-corrected chi connectivity index (χ4v) is 4.64. The molecule has 0 radical (unpaired) electrons. The summed E-state index contributed by atoms with van der Waals surface area (Å²) in [6, 6.07) is 10.9. The van der Waals surface area contributed by atoms with Crippen molar-refractivity contribution in [3.63, 3.8) is 0 Å². The van der Waals surface area contributed by atoms with E-state index in [0.29, 0.717) is 36.5 Å². The van der Waals surface area contributed by atoms with E-state index >= 15 is 0 Å². The second-order valence-electron chi connectivity index (χ2n) is 6.36. The number of sulfonamides is 1. The van der Waals surface area contributed by atoms with Gasteiger partial charge >= 0.3 is 0 Å². The van der Waals surface area contributed by atoms with Gasteiger partial charge in [0.1, 0.15) is 23.3 Å². The van der Waals surface area contributed by atoms with Crippen LogP contribution < -0.4 is 4.74 Å². The van der Waals surface area contributed by atoms with Crippen molar-refractivity contribution >= 4 is 21.0 Å².